The van der Waals surface area contributed by atoms with Crippen molar-refractivity contribution in [3.05, 3.63) is 17.0 Å². The number of rotatable bonds is 4. The van der Waals surface area contributed by atoms with Crippen LogP contribution in [0.4, 0.5) is 0 Å². The zero-order valence-corrected chi connectivity index (χ0v) is 13.4. The van der Waals surface area contributed by atoms with Crippen molar-refractivity contribution < 1.29 is 9.63 Å². The van der Waals surface area contributed by atoms with E-state index in [1.54, 1.807) is 0 Å². The maximum absolute atomic E-state index is 9.56. The third kappa shape index (κ3) is 3.30. The van der Waals surface area contributed by atoms with Crippen molar-refractivity contribution >= 4 is 0 Å². The molecule has 21 heavy (non-hydrogen) atoms. The van der Waals surface area contributed by atoms with Crippen LogP contribution in [-0.2, 0) is 6.54 Å². The van der Waals surface area contributed by atoms with Gasteiger partial charge < -0.3 is 14.5 Å². The number of piperidine rings is 1. The summed E-state index contributed by atoms with van der Waals surface area (Å²) in [7, 11) is 0. The summed E-state index contributed by atoms with van der Waals surface area (Å²) >= 11 is 0. The van der Waals surface area contributed by atoms with E-state index in [0.717, 1.165) is 62.6 Å². The molecule has 2 fully saturated rings. The summed E-state index contributed by atoms with van der Waals surface area (Å²) in [6.45, 7) is 12.3. The van der Waals surface area contributed by atoms with Crippen LogP contribution >= 0.6 is 0 Å². The SMILES string of the molecule is Cc1noc(C)c1CN1CC[C@@H]2CN(C[C@@H](C)O)C[C@@H]2C1. The number of aryl methyl sites for hydroxylation is 2. The molecule has 3 heterocycles. The minimum absolute atomic E-state index is 0.219. The molecule has 2 aliphatic rings. The number of aliphatic hydroxyl groups excluding tert-OH is 1. The molecule has 0 aromatic carbocycles. The lowest BCUT2D eigenvalue weighted by molar-refractivity contribution is 0.135. The monoisotopic (exact) mass is 293 g/mol. The van der Waals surface area contributed by atoms with E-state index in [1.165, 1.54) is 12.0 Å². The Morgan fingerprint density at radius 1 is 1.24 bits per heavy atom. The van der Waals surface area contributed by atoms with E-state index in [0.29, 0.717) is 0 Å². The van der Waals surface area contributed by atoms with Gasteiger partial charge in [-0.2, -0.15) is 0 Å². The first-order valence-corrected chi connectivity index (χ1v) is 8.07. The topological polar surface area (TPSA) is 52.7 Å². The van der Waals surface area contributed by atoms with Crippen molar-refractivity contribution in [2.24, 2.45) is 11.8 Å². The third-order valence-corrected chi connectivity index (χ3v) is 5.05. The van der Waals surface area contributed by atoms with Gasteiger partial charge in [0.2, 0.25) is 0 Å². The second-order valence-electron chi connectivity index (χ2n) is 6.91. The first-order chi connectivity index (χ1) is 10.0. The van der Waals surface area contributed by atoms with E-state index in [-0.39, 0.29) is 6.10 Å². The predicted molar refractivity (Wildman–Crippen MR) is 81.0 cm³/mol. The molecule has 3 atom stereocenters. The van der Waals surface area contributed by atoms with Crippen LogP contribution in [0, 0.1) is 25.7 Å². The summed E-state index contributed by atoms with van der Waals surface area (Å²) < 4.78 is 5.27. The van der Waals surface area contributed by atoms with Crippen LogP contribution in [0.3, 0.4) is 0 Å². The average Bonchev–Trinajstić information content (AvgIpc) is 2.94. The van der Waals surface area contributed by atoms with Gasteiger partial charge in [-0.1, -0.05) is 5.16 Å². The quantitative estimate of drug-likeness (QED) is 0.910. The van der Waals surface area contributed by atoms with Gasteiger partial charge in [-0.3, -0.25) is 4.90 Å². The molecule has 0 aliphatic carbocycles. The molecule has 5 nitrogen and oxygen atoms in total. The van der Waals surface area contributed by atoms with Gasteiger partial charge in [0, 0.05) is 38.3 Å². The van der Waals surface area contributed by atoms with E-state index >= 15 is 0 Å². The molecule has 2 saturated heterocycles. The van der Waals surface area contributed by atoms with Gasteiger partial charge in [0.25, 0.3) is 0 Å². The second kappa shape index (κ2) is 6.07. The zero-order chi connectivity index (χ0) is 15.0. The van der Waals surface area contributed by atoms with Crippen LogP contribution in [0.15, 0.2) is 4.52 Å². The van der Waals surface area contributed by atoms with Crippen LogP contribution in [-0.4, -0.2) is 58.9 Å². The number of aliphatic hydroxyl groups is 1. The largest absolute Gasteiger partial charge is 0.392 e. The van der Waals surface area contributed by atoms with Crippen LogP contribution in [0.25, 0.3) is 0 Å². The Morgan fingerprint density at radius 3 is 2.62 bits per heavy atom. The van der Waals surface area contributed by atoms with Crippen LogP contribution < -0.4 is 0 Å². The summed E-state index contributed by atoms with van der Waals surface area (Å²) in [5, 5.41) is 13.6. The van der Waals surface area contributed by atoms with E-state index in [9.17, 15) is 5.11 Å². The third-order valence-electron chi connectivity index (χ3n) is 5.05. The average molecular weight is 293 g/mol. The Hall–Kier alpha value is -0.910. The number of likely N-dealkylation sites (tertiary alicyclic amines) is 2. The van der Waals surface area contributed by atoms with E-state index in [1.807, 2.05) is 20.8 Å². The smallest absolute Gasteiger partial charge is 0.138 e. The lowest BCUT2D eigenvalue weighted by Crippen LogP contribution is -2.39. The summed E-state index contributed by atoms with van der Waals surface area (Å²) in [5.74, 6) is 2.51. The molecule has 0 unspecified atom stereocenters. The molecule has 2 aliphatic heterocycles. The number of hydrogen-bond donors (Lipinski definition) is 1. The van der Waals surface area contributed by atoms with Crippen molar-refractivity contribution in [2.75, 3.05) is 32.7 Å². The minimum atomic E-state index is -0.219. The number of nitrogens with zero attached hydrogens (tertiary/aromatic N) is 3. The Bertz CT molecular complexity index is 466. The van der Waals surface area contributed by atoms with Gasteiger partial charge in [0.15, 0.2) is 0 Å². The maximum atomic E-state index is 9.56. The number of fused-ring (bicyclic) bond motifs is 1. The first-order valence-electron chi connectivity index (χ1n) is 8.07. The molecule has 0 spiro atoms. The number of hydrogen-bond acceptors (Lipinski definition) is 5. The molecule has 0 amide bonds. The fourth-order valence-electron chi connectivity index (χ4n) is 3.96. The Balaban J connectivity index is 1.58. The molecule has 118 valence electrons. The first kappa shape index (κ1) is 15.0. The summed E-state index contributed by atoms with van der Waals surface area (Å²) in [5.41, 5.74) is 2.28. The predicted octanol–water partition coefficient (Wildman–Crippen LogP) is 1.43. The van der Waals surface area contributed by atoms with Gasteiger partial charge in [-0.15, -0.1) is 0 Å². The molecule has 0 radical (unpaired) electrons. The number of aromatic nitrogens is 1. The van der Waals surface area contributed by atoms with Crippen molar-refractivity contribution in [1.82, 2.24) is 15.0 Å². The van der Waals surface area contributed by atoms with Crippen molar-refractivity contribution in [3.8, 4) is 0 Å². The molecule has 3 rings (SSSR count). The highest BCUT2D eigenvalue weighted by Gasteiger charge is 2.37. The van der Waals surface area contributed by atoms with Crippen molar-refractivity contribution in [3.63, 3.8) is 0 Å². The lowest BCUT2D eigenvalue weighted by Gasteiger charge is -2.34. The fourth-order valence-corrected chi connectivity index (χ4v) is 3.96. The summed E-state index contributed by atoms with van der Waals surface area (Å²) in [6, 6.07) is 0. The molecule has 1 aromatic heterocycles. The van der Waals surface area contributed by atoms with Crippen LogP contribution in [0.5, 0.6) is 0 Å². The molecule has 1 N–H and O–H groups in total. The van der Waals surface area contributed by atoms with Gasteiger partial charge in [0.1, 0.15) is 5.76 Å². The maximum Gasteiger partial charge on any atom is 0.138 e. The molecule has 0 bridgehead atoms. The molecule has 5 heteroatoms. The van der Waals surface area contributed by atoms with E-state index < -0.39 is 0 Å². The van der Waals surface area contributed by atoms with Crippen molar-refractivity contribution in [2.45, 2.75) is 39.8 Å². The summed E-state index contributed by atoms with van der Waals surface area (Å²) in [6.07, 6.45) is 1.05. The van der Waals surface area contributed by atoms with Crippen LogP contribution in [0.2, 0.25) is 0 Å². The standard InChI is InChI=1S/C16H27N3O2/c1-11(20)6-19-7-14-4-5-18(8-15(14)9-19)10-16-12(2)17-21-13(16)3/h11,14-15,20H,4-10H2,1-3H3/t11-,14-,15+/m1/s1. The molecular formula is C16H27N3O2. The van der Waals surface area contributed by atoms with Gasteiger partial charge >= 0.3 is 0 Å². The highest BCUT2D eigenvalue weighted by molar-refractivity contribution is 5.20. The Morgan fingerprint density at radius 2 is 1.95 bits per heavy atom. The molecule has 0 saturated carbocycles. The molecular weight excluding hydrogens is 266 g/mol. The van der Waals surface area contributed by atoms with Crippen LogP contribution in [0.1, 0.15) is 30.4 Å². The van der Waals surface area contributed by atoms with E-state index in [2.05, 4.69) is 15.0 Å². The fraction of sp³-hybridized carbons (Fsp3) is 0.812. The number of β-amino-alcohol motifs (C(OH)–C–C–N with tert-alkyl or cyclic N) is 1. The highest BCUT2D eigenvalue weighted by atomic mass is 16.5. The minimum Gasteiger partial charge on any atom is -0.392 e. The zero-order valence-electron chi connectivity index (χ0n) is 13.4. The normalized spacial score (nSPS) is 28.8. The molecule has 1 aromatic rings. The van der Waals surface area contributed by atoms with Crippen molar-refractivity contribution in [1.29, 1.82) is 0 Å². The van der Waals surface area contributed by atoms with Gasteiger partial charge in [0.05, 0.1) is 11.8 Å². The summed E-state index contributed by atoms with van der Waals surface area (Å²) in [4.78, 5) is 4.97. The Labute approximate surface area is 126 Å². The van der Waals surface area contributed by atoms with Gasteiger partial charge in [-0.25, -0.2) is 0 Å². The Kier molecular flexibility index (Phi) is 4.33. The highest BCUT2D eigenvalue weighted by Crippen LogP contribution is 2.32. The lowest BCUT2D eigenvalue weighted by atomic mass is 9.88. The second-order valence-corrected chi connectivity index (χ2v) is 6.91. The van der Waals surface area contributed by atoms with E-state index in [4.69, 9.17) is 4.52 Å². The van der Waals surface area contributed by atoms with Gasteiger partial charge in [-0.05, 0) is 45.6 Å².